The van der Waals surface area contributed by atoms with Gasteiger partial charge in [-0.1, -0.05) is 13.0 Å². The summed E-state index contributed by atoms with van der Waals surface area (Å²) in [6, 6.07) is 1.37. The fourth-order valence-corrected chi connectivity index (χ4v) is 1.86. The van der Waals surface area contributed by atoms with Crippen LogP contribution in [0.4, 0.5) is 13.2 Å². The van der Waals surface area contributed by atoms with Gasteiger partial charge in [0.1, 0.15) is 5.82 Å². The lowest BCUT2D eigenvalue weighted by Crippen LogP contribution is -2.25. The maximum Gasteiger partial charge on any atom is 0.194 e. The Kier molecular flexibility index (Phi) is 4.34. The number of aromatic nitrogens is 2. The highest BCUT2D eigenvalue weighted by Gasteiger charge is 2.23. The van der Waals surface area contributed by atoms with Gasteiger partial charge in [-0.05, 0) is 25.1 Å². The van der Waals surface area contributed by atoms with E-state index in [0.29, 0.717) is 12.4 Å². The minimum Gasteiger partial charge on any atom is -0.304 e. The molecule has 0 aliphatic heterocycles. The van der Waals surface area contributed by atoms with Crippen molar-refractivity contribution in [2.24, 2.45) is 0 Å². The SMILES string of the molecule is CCNC(c1ncc(C)cn1)c1ccc(F)c(F)c1F. The highest BCUT2D eigenvalue weighted by Crippen LogP contribution is 2.24. The van der Waals surface area contributed by atoms with Crippen molar-refractivity contribution in [3.05, 3.63) is 58.9 Å². The van der Waals surface area contributed by atoms with E-state index < -0.39 is 23.5 Å². The van der Waals surface area contributed by atoms with Gasteiger partial charge >= 0.3 is 0 Å². The van der Waals surface area contributed by atoms with Crippen molar-refractivity contribution < 1.29 is 13.2 Å². The van der Waals surface area contributed by atoms with Gasteiger partial charge in [-0.2, -0.15) is 0 Å². The zero-order chi connectivity index (χ0) is 14.7. The smallest absolute Gasteiger partial charge is 0.194 e. The van der Waals surface area contributed by atoms with Crippen molar-refractivity contribution in [2.75, 3.05) is 6.54 Å². The Morgan fingerprint density at radius 2 is 1.75 bits per heavy atom. The van der Waals surface area contributed by atoms with Crippen molar-refractivity contribution >= 4 is 0 Å². The molecule has 0 saturated heterocycles. The van der Waals surface area contributed by atoms with Gasteiger partial charge in [0, 0.05) is 18.0 Å². The first-order valence-corrected chi connectivity index (χ1v) is 6.20. The van der Waals surface area contributed by atoms with Gasteiger partial charge in [-0.15, -0.1) is 0 Å². The Bertz CT molecular complexity index is 599. The molecule has 0 bridgehead atoms. The zero-order valence-electron chi connectivity index (χ0n) is 11.1. The Hall–Kier alpha value is -1.95. The Morgan fingerprint density at radius 1 is 1.10 bits per heavy atom. The van der Waals surface area contributed by atoms with Crippen LogP contribution in [0.1, 0.15) is 29.9 Å². The van der Waals surface area contributed by atoms with E-state index in [4.69, 9.17) is 0 Å². The first-order chi connectivity index (χ1) is 9.54. The first-order valence-electron chi connectivity index (χ1n) is 6.20. The van der Waals surface area contributed by atoms with Crippen LogP contribution in [0.15, 0.2) is 24.5 Å². The molecule has 0 spiro atoms. The number of hydrogen-bond acceptors (Lipinski definition) is 3. The first kappa shape index (κ1) is 14.5. The van der Waals surface area contributed by atoms with Crippen LogP contribution in [-0.2, 0) is 0 Å². The molecule has 1 N–H and O–H groups in total. The Labute approximate surface area is 114 Å². The molecule has 3 nitrogen and oxygen atoms in total. The molecule has 2 rings (SSSR count). The van der Waals surface area contributed by atoms with Crippen molar-refractivity contribution in [1.82, 2.24) is 15.3 Å². The summed E-state index contributed by atoms with van der Waals surface area (Å²) < 4.78 is 40.2. The minimum atomic E-state index is -1.49. The molecule has 0 amide bonds. The van der Waals surface area contributed by atoms with Crippen LogP contribution in [-0.4, -0.2) is 16.5 Å². The van der Waals surface area contributed by atoms with Gasteiger partial charge in [-0.3, -0.25) is 0 Å². The maximum absolute atomic E-state index is 13.9. The highest BCUT2D eigenvalue weighted by atomic mass is 19.2. The molecule has 0 fully saturated rings. The molecule has 1 aromatic heterocycles. The third-order valence-corrected chi connectivity index (χ3v) is 2.84. The van der Waals surface area contributed by atoms with E-state index in [2.05, 4.69) is 15.3 Å². The molecule has 106 valence electrons. The number of halogens is 3. The molecule has 6 heteroatoms. The summed E-state index contributed by atoms with van der Waals surface area (Å²) in [5.41, 5.74) is 0.837. The lowest BCUT2D eigenvalue weighted by molar-refractivity contribution is 0.431. The average molecular weight is 281 g/mol. The summed E-state index contributed by atoms with van der Waals surface area (Å²) in [7, 11) is 0. The number of nitrogens with one attached hydrogen (secondary N) is 1. The van der Waals surface area contributed by atoms with Gasteiger partial charge in [0.25, 0.3) is 0 Å². The van der Waals surface area contributed by atoms with E-state index in [-0.39, 0.29) is 5.56 Å². The van der Waals surface area contributed by atoms with Gasteiger partial charge in [0.2, 0.25) is 0 Å². The lowest BCUT2D eigenvalue weighted by atomic mass is 10.0. The Balaban J connectivity index is 2.48. The number of benzene rings is 1. The van der Waals surface area contributed by atoms with Crippen LogP contribution in [0.25, 0.3) is 0 Å². The van der Waals surface area contributed by atoms with Gasteiger partial charge in [0.05, 0.1) is 6.04 Å². The minimum absolute atomic E-state index is 0.0189. The van der Waals surface area contributed by atoms with E-state index in [1.54, 1.807) is 12.4 Å². The third kappa shape index (κ3) is 2.80. The van der Waals surface area contributed by atoms with Crippen molar-refractivity contribution in [3.8, 4) is 0 Å². The molecule has 1 unspecified atom stereocenters. The second-order valence-corrected chi connectivity index (χ2v) is 4.37. The average Bonchev–Trinajstić information content (AvgIpc) is 2.44. The van der Waals surface area contributed by atoms with E-state index in [1.807, 2.05) is 13.8 Å². The van der Waals surface area contributed by atoms with Crippen LogP contribution < -0.4 is 5.32 Å². The monoisotopic (exact) mass is 281 g/mol. The van der Waals surface area contributed by atoms with Crippen LogP contribution in [0.2, 0.25) is 0 Å². The molecule has 0 radical (unpaired) electrons. The highest BCUT2D eigenvalue weighted by molar-refractivity contribution is 5.28. The summed E-state index contributed by atoms with van der Waals surface area (Å²) in [5, 5.41) is 2.97. The largest absolute Gasteiger partial charge is 0.304 e. The topological polar surface area (TPSA) is 37.8 Å². The second-order valence-electron chi connectivity index (χ2n) is 4.37. The molecule has 1 aromatic carbocycles. The van der Waals surface area contributed by atoms with Crippen molar-refractivity contribution in [1.29, 1.82) is 0 Å². The van der Waals surface area contributed by atoms with Gasteiger partial charge < -0.3 is 5.32 Å². The van der Waals surface area contributed by atoms with E-state index in [9.17, 15) is 13.2 Å². The van der Waals surface area contributed by atoms with E-state index in [1.165, 1.54) is 6.07 Å². The fraction of sp³-hybridized carbons (Fsp3) is 0.286. The number of nitrogens with zero attached hydrogens (tertiary/aromatic N) is 2. The standard InChI is InChI=1S/C14H14F3N3/c1-3-18-13(14-19-6-8(2)7-20-14)9-4-5-10(15)12(17)11(9)16/h4-7,13,18H,3H2,1-2H3. The van der Waals surface area contributed by atoms with Crippen LogP contribution in [0.5, 0.6) is 0 Å². The Morgan fingerprint density at radius 3 is 2.35 bits per heavy atom. The number of rotatable bonds is 4. The maximum atomic E-state index is 13.9. The van der Waals surface area contributed by atoms with Gasteiger partial charge in [0.15, 0.2) is 17.5 Å². The third-order valence-electron chi connectivity index (χ3n) is 2.84. The summed E-state index contributed by atoms with van der Waals surface area (Å²) in [4.78, 5) is 8.22. The molecular formula is C14H14F3N3. The van der Waals surface area contributed by atoms with E-state index >= 15 is 0 Å². The molecule has 1 heterocycles. The normalized spacial score (nSPS) is 12.4. The summed E-state index contributed by atoms with van der Waals surface area (Å²) in [6.07, 6.45) is 3.18. The molecule has 0 saturated carbocycles. The molecule has 0 aliphatic carbocycles. The second kappa shape index (κ2) is 6.00. The zero-order valence-corrected chi connectivity index (χ0v) is 11.1. The van der Waals surface area contributed by atoms with Crippen LogP contribution in [0, 0.1) is 24.4 Å². The number of aryl methyl sites for hydroxylation is 1. The predicted molar refractivity (Wildman–Crippen MR) is 68.6 cm³/mol. The van der Waals surface area contributed by atoms with Crippen molar-refractivity contribution in [3.63, 3.8) is 0 Å². The molecular weight excluding hydrogens is 267 g/mol. The van der Waals surface area contributed by atoms with Crippen LogP contribution >= 0.6 is 0 Å². The lowest BCUT2D eigenvalue weighted by Gasteiger charge is -2.18. The summed E-state index contributed by atoms with van der Waals surface area (Å²) in [6.45, 7) is 4.14. The summed E-state index contributed by atoms with van der Waals surface area (Å²) in [5.74, 6) is -3.62. The predicted octanol–water partition coefficient (Wildman–Crippen LogP) is 2.90. The van der Waals surface area contributed by atoms with Crippen molar-refractivity contribution in [2.45, 2.75) is 19.9 Å². The van der Waals surface area contributed by atoms with Crippen LogP contribution in [0.3, 0.4) is 0 Å². The molecule has 20 heavy (non-hydrogen) atoms. The molecule has 2 aromatic rings. The van der Waals surface area contributed by atoms with Gasteiger partial charge in [-0.25, -0.2) is 23.1 Å². The quantitative estimate of drug-likeness (QED) is 0.876. The molecule has 1 atom stereocenters. The molecule has 0 aliphatic rings. The fourth-order valence-electron chi connectivity index (χ4n) is 1.86. The van der Waals surface area contributed by atoms with E-state index in [0.717, 1.165) is 11.6 Å². The summed E-state index contributed by atoms with van der Waals surface area (Å²) >= 11 is 0. The number of hydrogen-bond donors (Lipinski definition) is 1.